The smallest absolute Gasteiger partial charge is 0.128 e. The third-order valence-corrected chi connectivity index (χ3v) is 2.37. The van der Waals surface area contributed by atoms with Gasteiger partial charge in [0.15, 0.2) is 0 Å². The second-order valence-corrected chi connectivity index (χ2v) is 3.52. The van der Waals surface area contributed by atoms with E-state index < -0.39 is 5.82 Å². The average molecular weight is 210 g/mol. The van der Waals surface area contributed by atoms with Gasteiger partial charge in [0.05, 0.1) is 5.84 Å². The highest BCUT2D eigenvalue weighted by Gasteiger charge is 2.07. The van der Waals surface area contributed by atoms with Crippen molar-refractivity contribution in [1.82, 2.24) is 5.32 Å². The fourth-order valence-corrected chi connectivity index (χ4v) is 1.56. The third-order valence-electron chi connectivity index (χ3n) is 2.37. The van der Waals surface area contributed by atoms with Crippen molar-refractivity contribution in [3.8, 4) is 0 Å². The molecule has 2 rings (SSSR count). The summed E-state index contributed by atoms with van der Waals surface area (Å²) in [5.41, 5.74) is 0.338. The van der Waals surface area contributed by atoms with Crippen LogP contribution in [0.4, 0.5) is 8.78 Å². The van der Waals surface area contributed by atoms with E-state index in [1.54, 1.807) is 0 Å². The van der Waals surface area contributed by atoms with Gasteiger partial charge in [-0.1, -0.05) is 0 Å². The molecule has 2 nitrogen and oxygen atoms in total. The fraction of sp³-hybridized carbons (Fsp3) is 0.364. The lowest BCUT2D eigenvalue weighted by Gasteiger charge is -2.06. The van der Waals surface area contributed by atoms with Crippen molar-refractivity contribution >= 4 is 5.84 Å². The number of hydrogen-bond donors (Lipinski definition) is 1. The summed E-state index contributed by atoms with van der Waals surface area (Å²) in [5.74, 6) is 0.0859. The Labute approximate surface area is 87.0 Å². The number of halogens is 2. The van der Waals surface area contributed by atoms with Gasteiger partial charge >= 0.3 is 0 Å². The monoisotopic (exact) mass is 210 g/mol. The molecule has 0 spiro atoms. The summed E-state index contributed by atoms with van der Waals surface area (Å²) < 4.78 is 26.0. The maximum absolute atomic E-state index is 13.2. The summed E-state index contributed by atoms with van der Waals surface area (Å²) in [5, 5.41) is 3.01. The van der Waals surface area contributed by atoms with Crippen LogP contribution in [0.5, 0.6) is 0 Å². The van der Waals surface area contributed by atoms with E-state index in [1.165, 1.54) is 6.07 Å². The molecule has 1 N–H and O–H groups in total. The number of nitrogens with zero attached hydrogens (tertiary/aromatic N) is 1. The van der Waals surface area contributed by atoms with Gasteiger partial charge in [0.2, 0.25) is 0 Å². The van der Waals surface area contributed by atoms with Gasteiger partial charge in [-0.2, -0.15) is 0 Å². The van der Waals surface area contributed by atoms with Crippen LogP contribution >= 0.6 is 0 Å². The Kier molecular flexibility index (Phi) is 2.94. The molecule has 0 aliphatic carbocycles. The van der Waals surface area contributed by atoms with Gasteiger partial charge in [0.1, 0.15) is 11.6 Å². The van der Waals surface area contributed by atoms with E-state index in [0.29, 0.717) is 12.1 Å². The number of rotatable bonds is 2. The predicted molar refractivity (Wildman–Crippen MR) is 54.7 cm³/mol. The number of nitrogens with one attached hydrogen (secondary N) is 1. The quantitative estimate of drug-likeness (QED) is 0.795. The van der Waals surface area contributed by atoms with E-state index in [4.69, 9.17) is 0 Å². The summed E-state index contributed by atoms with van der Waals surface area (Å²) in [6.45, 7) is 1.12. The lowest BCUT2D eigenvalue weighted by Crippen LogP contribution is -2.21. The summed E-state index contributed by atoms with van der Waals surface area (Å²) in [4.78, 5) is 4.19. The molecule has 80 valence electrons. The Balaban J connectivity index is 2.00. The lowest BCUT2D eigenvalue weighted by atomic mass is 10.2. The van der Waals surface area contributed by atoms with E-state index in [-0.39, 0.29) is 5.82 Å². The molecule has 15 heavy (non-hydrogen) atoms. The second-order valence-electron chi connectivity index (χ2n) is 3.52. The maximum atomic E-state index is 13.2. The molecule has 1 aromatic rings. The van der Waals surface area contributed by atoms with Crippen molar-refractivity contribution in [2.75, 3.05) is 6.54 Å². The van der Waals surface area contributed by atoms with Crippen molar-refractivity contribution < 1.29 is 8.78 Å². The SMILES string of the molecule is Fc1ccc(F)c(CNC2=NCCC2)c1. The summed E-state index contributed by atoms with van der Waals surface area (Å²) >= 11 is 0. The molecule has 0 atom stereocenters. The van der Waals surface area contributed by atoms with Crippen LogP contribution in [0.3, 0.4) is 0 Å². The second kappa shape index (κ2) is 4.38. The largest absolute Gasteiger partial charge is 0.370 e. The minimum Gasteiger partial charge on any atom is -0.370 e. The van der Waals surface area contributed by atoms with Crippen molar-refractivity contribution in [3.05, 3.63) is 35.4 Å². The summed E-state index contributed by atoms with van der Waals surface area (Å²) in [6, 6.07) is 3.46. The number of amidine groups is 1. The highest BCUT2D eigenvalue weighted by atomic mass is 19.1. The summed E-state index contributed by atoms with van der Waals surface area (Å²) in [6.07, 6.45) is 1.94. The van der Waals surface area contributed by atoms with Crippen molar-refractivity contribution in [2.45, 2.75) is 19.4 Å². The molecule has 1 aliphatic heterocycles. The molecule has 4 heteroatoms. The Morgan fingerprint density at radius 1 is 1.33 bits per heavy atom. The number of hydrogen-bond acceptors (Lipinski definition) is 2. The molecule has 0 aromatic heterocycles. The molecule has 0 bridgehead atoms. The zero-order valence-corrected chi connectivity index (χ0v) is 8.26. The molecular formula is C11H12F2N2. The van der Waals surface area contributed by atoms with Gasteiger partial charge in [-0.25, -0.2) is 8.78 Å². The van der Waals surface area contributed by atoms with Gasteiger partial charge in [-0.05, 0) is 24.6 Å². The van der Waals surface area contributed by atoms with Gasteiger partial charge in [0.25, 0.3) is 0 Å². The molecular weight excluding hydrogens is 198 g/mol. The van der Waals surface area contributed by atoms with Crippen LogP contribution in [0.1, 0.15) is 18.4 Å². The van der Waals surface area contributed by atoms with E-state index in [9.17, 15) is 8.78 Å². The Morgan fingerprint density at radius 3 is 2.93 bits per heavy atom. The molecule has 0 saturated carbocycles. The molecule has 1 aliphatic rings. The van der Waals surface area contributed by atoms with Crippen LogP contribution in [0, 0.1) is 11.6 Å². The topological polar surface area (TPSA) is 24.4 Å². The highest BCUT2D eigenvalue weighted by molar-refractivity contribution is 5.83. The first-order valence-corrected chi connectivity index (χ1v) is 4.97. The van der Waals surface area contributed by atoms with E-state index >= 15 is 0 Å². The normalized spacial score (nSPS) is 15.2. The van der Waals surface area contributed by atoms with E-state index in [0.717, 1.165) is 37.4 Å². The first-order chi connectivity index (χ1) is 7.25. The van der Waals surface area contributed by atoms with E-state index in [2.05, 4.69) is 10.3 Å². The lowest BCUT2D eigenvalue weighted by molar-refractivity contribution is 0.582. The third kappa shape index (κ3) is 2.52. The van der Waals surface area contributed by atoms with Crippen molar-refractivity contribution in [1.29, 1.82) is 0 Å². The molecule has 0 radical (unpaired) electrons. The first kappa shape index (κ1) is 10.1. The Bertz CT molecular complexity index is 388. The van der Waals surface area contributed by atoms with Crippen molar-refractivity contribution in [2.24, 2.45) is 4.99 Å². The molecule has 0 fully saturated rings. The standard InChI is InChI=1S/C11H12F2N2/c12-9-3-4-10(13)8(6-9)7-15-11-2-1-5-14-11/h3-4,6H,1-2,5,7H2,(H,14,15). The minimum absolute atomic E-state index is 0.294. The van der Waals surface area contributed by atoms with Crippen LogP contribution < -0.4 is 5.32 Å². The fourth-order valence-electron chi connectivity index (χ4n) is 1.56. The van der Waals surface area contributed by atoms with Gasteiger partial charge in [-0.3, -0.25) is 4.99 Å². The van der Waals surface area contributed by atoms with Gasteiger partial charge < -0.3 is 5.32 Å². The van der Waals surface area contributed by atoms with Gasteiger partial charge in [0, 0.05) is 25.1 Å². The van der Waals surface area contributed by atoms with Crippen LogP contribution in [0.25, 0.3) is 0 Å². The summed E-state index contributed by atoms with van der Waals surface area (Å²) in [7, 11) is 0. The molecule has 1 heterocycles. The minimum atomic E-state index is -0.415. The van der Waals surface area contributed by atoms with Crippen LogP contribution in [0.15, 0.2) is 23.2 Å². The van der Waals surface area contributed by atoms with Crippen LogP contribution in [0.2, 0.25) is 0 Å². The van der Waals surface area contributed by atoms with E-state index in [1.807, 2.05) is 0 Å². The number of benzene rings is 1. The van der Waals surface area contributed by atoms with Crippen LogP contribution in [-0.2, 0) is 6.54 Å². The predicted octanol–water partition coefficient (Wildman–Crippen LogP) is 2.25. The molecule has 0 amide bonds. The molecule has 1 aromatic carbocycles. The Morgan fingerprint density at radius 2 is 2.20 bits per heavy atom. The molecule has 0 unspecified atom stereocenters. The first-order valence-electron chi connectivity index (χ1n) is 4.97. The van der Waals surface area contributed by atoms with Crippen LogP contribution in [-0.4, -0.2) is 12.4 Å². The Hall–Kier alpha value is -1.45. The maximum Gasteiger partial charge on any atom is 0.128 e. The van der Waals surface area contributed by atoms with Gasteiger partial charge in [-0.15, -0.1) is 0 Å². The van der Waals surface area contributed by atoms with Crippen molar-refractivity contribution in [3.63, 3.8) is 0 Å². The highest BCUT2D eigenvalue weighted by Crippen LogP contribution is 2.10. The zero-order valence-electron chi connectivity index (χ0n) is 8.26. The zero-order chi connectivity index (χ0) is 10.7. The number of aliphatic imine (C=N–C) groups is 1. The average Bonchev–Trinajstić information content (AvgIpc) is 2.72. The molecule has 0 saturated heterocycles.